The third-order valence-corrected chi connectivity index (χ3v) is 5.02. The summed E-state index contributed by atoms with van der Waals surface area (Å²) in [6.45, 7) is 3.67. The zero-order valence-electron chi connectivity index (χ0n) is 11.6. The summed E-state index contributed by atoms with van der Waals surface area (Å²) in [5.41, 5.74) is 0. The molecule has 1 fully saturated rings. The number of hydrogen-bond donors (Lipinski definition) is 2. The number of methoxy groups -OCH3 is 1. The molecule has 114 valence electrons. The Bertz CT molecular complexity index is 536. The first-order valence-electron chi connectivity index (χ1n) is 6.40. The van der Waals surface area contributed by atoms with E-state index < -0.39 is 10.0 Å². The third kappa shape index (κ3) is 3.85. The van der Waals surface area contributed by atoms with E-state index in [1.807, 2.05) is 0 Å². The molecule has 2 atom stereocenters. The molecular weight excluding hydrogens is 300 g/mol. The van der Waals surface area contributed by atoms with E-state index in [-0.39, 0.29) is 23.3 Å². The van der Waals surface area contributed by atoms with Crippen LogP contribution in [0, 0.1) is 5.92 Å². The smallest absolute Gasteiger partial charge is 0.244 e. The highest BCUT2D eigenvalue weighted by molar-refractivity contribution is 7.89. The van der Waals surface area contributed by atoms with Crippen LogP contribution < -0.4 is 14.8 Å². The van der Waals surface area contributed by atoms with E-state index in [0.717, 1.165) is 13.0 Å². The summed E-state index contributed by atoms with van der Waals surface area (Å²) in [7, 11) is -2.08. The van der Waals surface area contributed by atoms with E-state index >= 15 is 0 Å². The molecule has 1 saturated heterocycles. The molecule has 1 aromatic carbocycles. The van der Waals surface area contributed by atoms with Crippen molar-refractivity contribution in [2.24, 2.45) is 5.92 Å². The Morgan fingerprint density at radius 1 is 1.35 bits per heavy atom. The molecule has 0 radical (unpaired) electrons. The molecule has 1 aromatic rings. The van der Waals surface area contributed by atoms with Gasteiger partial charge in [0.2, 0.25) is 10.0 Å². The number of hydrogen-bond acceptors (Lipinski definition) is 4. The summed E-state index contributed by atoms with van der Waals surface area (Å²) in [6.07, 6.45) is 0.971. The SMILES string of the molecule is COc1ccccc1S(=O)(=O)NC1CNCCC1C.Cl. The molecule has 1 aliphatic rings. The Morgan fingerprint density at radius 3 is 2.70 bits per heavy atom. The second-order valence-electron chi connectivity index (χ2n) is 4.85. The molecule has 1 heterocycles. The lowest BCUT2D eigenvalue weighted by molar-refractivity contribution is 0.326. The topological polar surface area (TPSA) is 67.4 Å². The maximum atomic E-state index is 12.4. The van der Waals surface area contributed by atoms with Gasteiger partial charge in [-0.25, -0.2) is 13.1 Å². The van der Waals surface area contributed by atoms with E-state index in [1.54, 1.807) is 24.3 Å². The van der Waals surface area contributed by atoms with E-state index in [9.17, 15) is 8.42 Å². The maximum absolute atomic E-state index is 12.4. The quantitative estimate of drug-likeness (QED) is 0.880. The van der Waals surface area contributed by atoms with E-state index in [0.29, 0.717) is 18.2 Å². The molecular formula is C13H21ClN2O3S. The van der Waals surface area contributed by atoms with Crippen molar-refractivity contribution in [3.63, 3.8) is 0 Å². The molecule has 0 amide bonds. The second kappa shape index (κ2) is 7.26. The van der Waals surface area contributed by atoms with E-state index in [4.69, 9.17) is 4.74 Å². The van der Waals surface area contributed by atoms with Crippen LogP contribution >= 0.6 is 12.4 Å². The fourth-order valence-electron chi connectivity index (χ4n) is 2.25. The molecule has 0 saturated carbocycles. The molecule has 0 aromatic heterocycles. The Hall–Kier alpha value is -0.820. The standard InChI is InChI=1S/C13H20N2O3S.ClH/c1-10-7-8-14-9-11(10)15-19(16,17)13-6-4-3-5-12(13)18-2;/h3-6,10-11,14-15H,7-9H2,1-2H3;1H. The lowest BCUT2D eigenvalue weighted by Gasteiger charge is -2.30. The predicted molar refractivity (Wildman–Crippen MR) is 81.0 cm³/mol. The van der Waals surface area contributed by atoms with Crippen molar-refractivity contribution in [1.82, 2.24) is 10.0 Å². The van der Waals surface area contributed by atoms with Crippen LogP contribution in [-0.2, 0) is 10.0 Å². The molecule has 5 nitrogen and oxygen atoms in total. The van der Waals surface area contributed by atoms with Crippen molar-refractivity contribution in [2.75, 3.05) is 20.2 Å². The number of piperidine rings is 1. The summed E-state index contributed by atoms with van der Waals surface area (Å²) >= 11 is 0. The summed E-state index contributed by atoms with van der Waals surface area (Å²) in [6, 6.07) is 6.57. The molecule has 0 spiro atoms. The fraction of sp³-hybridized carbons (Fsp3) is 0.538. The molecule has 1 aliphatic heterocycles. The highest BCUT2D eigenvalue weighted by atomic mass is 35.5. The van der Waals surface area contributed by atoms with Crippen LogP contribution in [-0.4, -0.2) is 34.7 Å². The summed E-state index contributed by atoms with van der Waals surface area (Å²) in [4.78, 5) is 0.190. The van der Waals surface area contributed by atoms with Gasteiger partial charge in [-0.3, -0.25) is 0 Å². The highest BCUT2D eigenvalue weighted by Crippen LogP contribution is 2.24. The van der Waals surface area contributed by atoms with Gasteiger partial charge < -0.3 is 10.1 Å². The minimum Gasteiger partial charge on any atom is -0.495 e. The van der Waals surface area contributed by atoms with Gasteiger partial charge in [-0.1, -0.05) is 19.1 Å². The van der Waals surface area contributed by atoms with Gasteiger partial charge in [0.25, 0.3) is 0 Å². The van der Waals surface area contributed by atoms with E-state index in [2.05, 4.69) is 17.0 Å². The van der Waals surface area contributed by atoms with Crippen molar-refractivity contribution in [3.05, 3.63) is 24.3 Å². The summed E-state index contributed by atoms with van der Waals surface area (Å²) in [5, 5.41) is 3.21. The minimum atomic E-state index is -3.55. The lowest BCUT2D eigenvalue weighted by atomic mass is 9.96. The van der Waals surface area contributed by atoms with Gasteiger partial charge in [0.05, 0.1) is 7.11 Å². The normalized spacial score (nSPS) is 22.9. The van der Waals surface area contributed by atoms with Crippen molar-refractivity contribution < 1.29 is 13.2 Å². The van der Waals surface area contributed by atoms with Gasteiger partial charge in [0, 0.05) is 12.6 Å². The average Bonchev–Trinajstić information content (AvgIpc) is 2.41. The first-order valence-corrected chi connectivity index (χ1v) is 7.89. The number of benzene rings is 1. The minimum absolute atomic E-state index is 0. The van der Waals surface area contributed by atoms with E-state index in [1.165, 1.54) is 7.11 Å². The van der Waals surface area contributed by atoms with Crippen LogP contribution in [0.4, 0.5) is 0 Å². The van der Waals surface area contributed by atoms with Gasteiger partial charge in [-0.15, -0.1) is 12.4 Å². The lowest BCUT2D eigenvalue weighted by Crippen LogP contribution is -2.50. The first-order chi connectivity index (χ1) is 9.04. The molecule has 2 N–H and O–H groups in total. The molecule has 20 heavy (non-hydrogen) atoms. The van der Waals surface area contributed by atoms with Crippen LogP contribution in [0.15, 0.2) is 29.2 Å². The van der Waals surface area contributed by atoms with Crippen molar-refractivity contribution in [3.8, 4) is 5.75 Å². The highest BCUT2D eigenvalue weighted by Gasteiger charge is 2.28. The van der Waals surface area contributed by atoms with Crippen molar-refractivity contribution >= 4 is 22.4 Å². The molecule has 7 heteroatoms. The zero-order chi connectivity index (χ0) is 13.9. The number of ether oxygens (including phenoxy) is 1. The summed E-state index contributed by atoms with van der Waals surface area (Å²) < 4.78 is 32.7. The fourth-order valence-corrected chi connectivity index (χ4v) is 3.77. The monoisotopic (exact) mass is 320 g/mol. The molecule has 0 bridgehead atoms. The maximum Gasteiger partial charge on any atom is 0.244 e. The Balaban J connectivity index is 0.00000200. The summed E-state index contributed by atoms with van der Waals surface area (Å²) in [5.74, 6) is 0.692. The second-order valence-corrected chi connectivity index (χ2v) is 6.53. The van der Waals surface area contributed by atoms with Crippen LogP contribution in [0.1, 0.15) is 13.3 Å². The largest absolute Gasteiger partial charge is 0.495 e. The van der Waals surface area contributed by atoms with Crippen LogP contribution in [0.25, 0.3) is 0 Å². The van der Waals surface area contributed by atoms with Gasteiger partial charge in [0.15, 0.2) is 0 Å². The Kier molecular flexibility index (Phi) is 6.26. The van der Waals surface area contributed by atoms with Gasteiger partial charge in [0.1, 0.15) is 10.6 Å². The first kappa shape index (κ1) is 17.2. The molecule has 0 aliphatic carbocycles. The van der Waals surface area contributed by atoms with Crippen LogP contribution in [0.2, 0.25) is 0 Å². The predicted octanol–water partition coefficient (Wildman–Crippen LogP) is 1.39. The van der Waals surface area contributed by atoms with Gasteiger partial charge >= 0.3 is 0 Å². The number of nitrogens with one attached hydrogen (secondary N) is 2. The van der Waals surface area contributed by atoms with Crippen LogP contribution in [0.5, 0.6) is 5.75 Å². The van der Waals surface area contributed by atoms with Crippen LogP contribution in [0.3, 0.4) is 0 Å². The van der Waals surface area contributed by atoms with Crippen molar-refractivity contribution in [2.45, 2.75) is 24.3 Å². The molecule has 2 rings (SSSR count). The number of rotatable bonds is 4. The Morgan fingerprint density at radius 2 is 2.05 bits per heavy atom. The Labute approximate surface area is 126 Å². The van der Waals surface area contributed by atoms with Crippen molar-refractivity contribution in [1.29, 1.82) is 0 Å². The average molecular weight is 321 g/mol. The zero-order valence-corrected chi connectivity index (χ0v) is 13.3. The number of sulfonamides is 1. The van der Waals surface area contributed by atoms with Gasteiger partial charge in [-0.05, 0) is 31.0 Å². The third-order valence-electron chi connectivity index (χ3n) is 3.49. The number of para-hydroxylation sites is 1. The number of halogens is 1. The van der Waals surface area contributed by atoms with Gasteiger partial charge in [-0.2, -0.15) is 0 Å². The molecule has 2 unspecified atom stereocenters.